The summed E-state index contributed by atoms with van der Waals surface area (Å²) in [7, 11) is 0. The van der Waals surface area contributed by atoms with Gasteiger partial charge in [0.25, 0.3) is 0 Å². The van der Waals surface area contributed by atoms with E-state index in [-0.39, 0.29) is 0 Å². The molecule has 3 aromatic rings. The molecule has 0 aliphatic carbocycles. The van der Waals surface area contributed by atoms with Gasteiger partial charge in [0.1, 0.15) is 5.75 Å². The molecular formula is C20H21ClN4OS. The summed E-state index contributed by atoms with van der Waals surface area (Å²) >= 11 is 11.6. The normalized spacial score (nSPS) is 11.2. The molecule has 0 unspecified atom stereocenters. The second kappa shape index (κ2) is 9.48. The predicted octanol–water partition coefficient (Wildman–Crippen LogP) is 5.05. The molecule has 0 amide bonds. The molecule has 0 saturated heterocycles. The van der Waals surface area contributed by atoms with E-state index in [1.165, 1.54) is 5.56 Å². The first kappa shape index (κ1) is 19.3. The Bertz CT molecular complexity index is 966. The van der Waals surface area contributed by atoms with Crippen LogP contribution in [0, 0.1) is 4.77 Å². The zero-order valence-electron chi connectivity index (χ0n) is 15.1. The monoisotopic (exact) mass is 400 g/mol. The van der Waals surface area contributed by atoms with Crippen molar-refractivity contribution in [2.45, 2.75) is 26.2 Å². The van der Waals surface area contributed by atoms with E-state index >= 15 is 0 Å². The quantitative estimate of drug-likeness (QED) is 0.425. The molecule has 0 aliphatic heterocycles. The lowest BCUT2D eigenvalue weighted by Gasteiger charge is -2.07. The third kappa shape index (κ3) is 5.28. The number of nitrogens with zero attached hydrogens (tertiary/aromatic N) is 3. The number of halogens is 1. The van der Waals surface area contributed by atoms with Crippen molar-refractivity contribution in [1.82, 2.24) is 14.9 Å². The molecule has 27 heavy (non-hydrogen) atoms. The van der Waals surface area contributed by atoms with Crippen LogP contribution in [0.3, 0.4) is 0 Å². The molecular weight excluding hydrogens is 380 g/mol. The maximum atomic E-state index is 6.27. The summed E-state index contributed by atoms with van der Waals surface area (Å²) in [6, 6.07) is 15.8. The van der Waals surface area contributed by atoms with E-state index in [1.54, 1.807) is 10.9 Å². The molecule has 0 fully saturated rings. The minimum Gasteiger partial charge on any atom is -0.492 e. The summed E-state index contributed by atoms with van der Waals surface area (Å²) in [6.07, 6.45) is 4.25. The van der Waals surface area contributed by atoms with Crippen molar-refractivity contribution in [1.29, 1.82) is 0 Å². The largest absolute Gasteiger partial charge is 0.492 e. The van der Waals surface area contributed by atoms with Gasteiger partial charge in [0.2, 0.25) is 4.77 Å². The SMILES string of the molecule is CCCOc1ccc(/C=N\n2c(CCc3ccccc3)n[nH]c2=S)cc1Cl. The highest BCUT2D eigenvalue weighted by Gasteiger charge is 2.06. The van der Waals surface area contributed by atoms with Gasteiger partial charge in [-0.2, -0.15) is 14.9 Å². The highest BCUT2D eigenvalue weighted by molar-refractivity contribution is 7.71. The van der Waals surface area contributed by atoms with E-state index < -0.39 is 0 Å². The second-order valence-corrected chi connectivity index (χ2v) is 6.82. The van der Waals surface area contributed by atoms with Gasteiger partial charge in [0.15, 0.2) is 5.82 Å². The van der Waals surface area contributed by atoms with Crippen molar-refractivity contribution >= 4 is 30.0 Å². The third-order valence-corrected chi connectivity index (χ3v) is 4.50. The molecule has 0 spiro atoms. The van der Waals surface area contributed by atoms with Gasteiger partial charge >= 0.3 is 0 Å². The van der Waals surface area contributed by atoms with Gasteiger partial charge in [-0.15, -0.1) is 0 Å². The number of nitrogens with one attached hydrogen (secondary N) is 1. The summed E-state index contributed by atoms with van der Waals surface area (Å²) in [6.45, 7) is 2.70. The van der Waals surface area contributed by atoms with Gasteiger partial charge in [-0.1, -0.05) is 48.9 Å². The summed E-state index contributed by atoms with van der Waals surface area (Å²) < 4.78 is 7.70. The Morgan fingerprint density at radius 1 is 1.22 bits per heavy atom. The molecule has 0 aliphatic rings. The number of H-pyrrole nitrogens is 1. The Morgan fingerprint density at radius 3 is 2.78 bits per heavy atom. The third-order valence-electron chi connectivity index (χ3n) is 3.94. The van der Waals surface area contributed by atoms with Gasteiger partial charge in [-0.05, 0) is 54.4 Å². The fourth-order valence-corrected chi connectivity index (χ4v) is 3.00. The van der Waals surface area contributed by atoms with Crippen molar-refractivity contribution < 1.29 is 4.74 Å². The molecule has 0 radical (unpaired) electrons. The average molecular weight is 401 g/mol. The molecule has 0 saturated carbocycles. The van der Waals surface area contributed by atoms with E-state index in [0.29, 0.717) is 22.2 Å². The molecule has 140 valence electrons. The number of aryl methyl sites for hydroxylation is 2. The zero-order valence-corrected chi connectivity index (χ0v) is 16.6. The summed E-state index contributed by atoms with van der Waals surface area (Å²) in [5.41, 5.74) is 2.11. The van der Waals surface area contributed by atoms with Crippen LogP contribution in [-0.2, 0) is 12.8 Å². The van der Waals surface area contributed by atoms with Crippen LogP contribution in [-0.4, -0.2) is 27.7 Å². The molecule has 0 bridgehead atoms. The highest BCUT2D eigenvalue weighted by Crippen LogP contribution is 2.25. The van der Waals surface area contributed by atoms with Gasteiger partial charge in [0.05, 0.1) is 17.8 Å². The number of aromatic amines is 1. The van der Waals surface area contributed by atoms with Crippen LogP contribution in [0.15, 0.2) is 53.6 Å². The Balaban J connectivity index is 1.72. The van der Waals surface area contributed by atoms with Crippen LogP contribution in [0.25, 0.3) is 0 Å². The van der Waals surface area contributed by atoms with Gasteiger partial charge in [-0.3, -0.25) is 5.10 Å². The second-order valence-electron chi connectivity index (χ2n) is 6.03. The molecule has 7 heteroatoms. The smallest absolute Gasteiger partial charge is 0.216 e. The first-order chi connectivity index (χ1) is 13.2. The van der Waals surface area contributed by atoms with Crippen molar-refractivity contribution in [3.8, 4) is 5.75 Å². The summed E-state index contributed by atoms with van der Waals surface area (Å²) in [5.74, 6) is 1.47. The summed E-state index contributed by atoms with van der Waals surface area (Å²) in [4.78, 5) is 0. The van der Waals surface area contributed by atoms with Gasteiger partial charge < -0.3 is 4.74 Å². The van der Waals surface area contributed by atoms with Crippen LogP contribution in [0.1, 0.15) is 30.3 Å². The lowest BCUT2D eigenvalue weighted by Crippen LogP contribution is -2.01. The molecule has 1 N–H and O–H groups in total. The molecule has 2 aromatic carbocycles. The zero-order chi connectivity index (χ0) is 19.1. The Morgan fingerprint density at radius 2 is 2.04 bits per heavy atom. The van der Waals surface area contributed by atoms with E-state index in [9.17, 15) is 0 Å². The topological polar surface area (TPSA) is 55.2 Å². The number of ether oxygens (including phenoxy) is 1. The van der Waals surface area contributed by atoms with Gasteiger partial charge in [0, 0.05) is 6.42 Å². The maximum Gasteiger partial charge on any atom is 0.216 e. The van der Waals surface area contributed by atoms with E-state index in [1.807, 2.05) is 36.4 Å². The fourth-order valence-electron chi connectivity index (χ4n) is 2.56. The number of benzene rings is 2. The molecule has 1 aromatic heterocycles. The first-order valence-electron chi connectivity index (χ1n) is 8.84. The van der Waals surface area contributed by atoms with E-state index in [0.717, 1.165) is 30.7 Å². The Hall–Kier alpha value is -2.44. The van der Waals surface area contributed by atoms with Crippen LogP contribution in [0.5, 0.6) is 5.75 Å². The molecule has 0 atom stereocenters. The average Bonchev–Trinajstić information content (AvgIpc) is 3.04. The van der Waals surface area contributed by atoms with Crippen LogP contribution in [0.4, 0.5) is 0 Å². The lowest BCUT2D eigenvalue weighted by molar-refractivity contribution is 0.317. The van der Waals surface area contributed by atoms with Crippen molar-refractivity contribution in [2.24, 2.45) is 5.10 Å². The molecule has 3 rings (SSSR count). The Labute approximate surface area is 168 Å². The van der Waals surface area contributed by atoms with E-state index in [2.05, 4.69) is 34.4 Å². The minimum atomic E-state index is 0.461. The number of hydrogen-bond acceptors (Lipinski definition) is 4. The van der Waals surface area contributed by atoms with Crippen LogP contribution in [0.2, 0.25) is 5.02 Å². The standard InChI is InChI=1S/C20H21ClN4OS/c1-2-12-26-18-10-8-16(13-17(18)21)14-22-25-19(23-24-20(25)27)11-9-15-6-4-3-5-7-15/h3-8,10,13-14H,2,9,11-12H2,1H3,(H,24,27)/b22-14-. The minimum absolute atomic E-state index is 0.461. The predicted molar refractivity (Wildman–Crippen MR) is 111 cm³/mol. The molecule has 1 heterocycles. The van der Waals surface area contributed by atoms with Crippen LogP contribution < -0.4 is 4.74 Å². The fraction of sp³-hybridized carbons (Fsp3) is 0.250. The number of aromatic nitrogens is 3. The van der Waals surface area contributed by atoms with Crippen LogP contribution >= 0.6 is 23.8 Å². The van der Waals surface area contributed by atoms with Crippen molar-refractivity contribution in [2.75, 3.05) is 6.61 Å². The van der Waals surface area contributed by atoms with E-state index in [4.69, 9.17) is 28.6 Å². The Kier molecular flexibility index (Phi) is 6.79. The molecule has 5 nitrogen and oxygen atoms in total. The number of hydrogen-bond donors (Lipinski definition) is 1. The van der Waals surface area contributed by atoms with Crippen molar-refractivity contribution in [3.63, 3.8) is 0 Å². The van der Waals surface area contributed by atoms with Crippen molar-refractivity contribution in [3.05, 3.63) is 75.3 Å². The lowest BCUT2D eigenvalue weighted by atomic mass is 10.1. The summed E-state index contributed by atoms with van der Waals surface area (Å²) in [5, 5.41) is 12.1. The maximum absolute atomic E-state index is 6.27. The first-order valence-corrected chi connectivity index (χ1v) is 9.63. The highest BCUT2D eigenvalue weighted by atomic mass is 35.5. The van der Waals surface area contributed by atoms with Gasteiger partial charge in [-0.25, -0.2) is 0 Å². The number of rotatable bonds is 8.